The third kappa shape index (κ3) is 7.35. The first kappa shape index (κ1) is 25.8. The van der Waals surface area contributed by atoms with Gasteiger partial charge in [-0.1, -0.05) is 84.9 Å². The zero-order valence-corrected chi connectivity index (χ0v) is 20.2. The fourth-order valence-corrected chi connectivity index (χ4v) is 3.49. The molecule has 0 radical (unpaired) electrons. The number of ether oxygens (including phenoxy) is 1. The SMILES string of the molecule is CCOCC(OOC(=O)c1cccc(-c2ccccc2)c1)OOC(=O)c1cccc(-c2ccccc2)c1. The molecule has 0 aliphatic carbocycles. The molecule has 0 amide bonds. The minimum absolute atomic E-state index is 0.134. The molecule has 0 bridgehead atoms. The average Bonchev–Trinajstić information content (AvgIpc) is 2.97. The molecule has 37 heavy (non-hydrogen) atoms. The summed E-state index contributed by atoms with van der Waals surface area (Å²) >= 11 is 0. The molecule has 0 N–H and O–H groups in total. The summed E-state index contributed by atoms with van der Waals surface area (Å²) in [5, 5.41) is 0. The zero-order chi connectivity index (χ0) is 25.9. The maximum Gasteiger partial charge on any atom is 0.373 e. The van der Waals surface area contributed by atoms with Gasteiger partial charge in [-0.3, -0.25) is 9.78 Å². The van der Waals surface area contributed by atoms with Crippen molar-refractivity contribution in [3.63, 3.8) is 0 Å². The van der Waals surface area contributed by atoms with Crippen LogP contribution in [0.4, 0.5) is 0 Å². The normalized spacial score (nSPS) is 10.8. The molecule has 0 aromatic heterocycles. The van der Waals surface area contributed by atoms with Crippen LogP contribution in [0.15, 0.2) is 109 Å². The molecule has 0 aliphatic rings. The first-order chi connectivity index (χ1) is 18.1. The summed E-state index contributed by atoms with van der Waals surface area (Å²) in [6.07, 6.45) is -1.29. The second kappa shape index (κ2) is 13.1. The van der Waals surface area contributed by atoms with Gasteiger partial charge in [-0.05, 0) is 53.4 Å². The highest BCUT2D eigenvalue weighted by Gasteiger charge is 2.20. The highest BCUT2D eigenvalue weighted by molar-refractivity contribution is 5.91. The number of carbonyl (C=O) groups excluding carboxylic acids is 2. The Balaban J connectivity index is 1.36. The van der Waals surface area contributed by atoms with Gasteiger partial charge in [-0.25, -0.2) is 9.59 Å². The highest BCUT2D eigenvalue weighted by atomic mass is 17.3. The van der Waals surface area contributed by atoms with E-state index in [2.05, 4.69) is 0 Å². The van der Waals surface area contributed by atoms with E-state index in [1.54, 1.807) is 43.3 Å². The third-order valence-electron chi connectivity index (χ3n) is 5.33. The van der Waals surface area contributed by atoms with Crippen LogP contribution in [0.1, 0.15) is 27.6 Å². The lowest BCUT2D eigenvalue weighted by molar-refractivity contribution is -0.426. The van der Waals surface area contributed by atoms with Crippen molar-refractivity contribution >= 4 is 11.9 Å². The van der Waals surface area contributed by atoms with Crippen LogP contribution in [0, 0.1) is 0 Å². The van der Waals surface area contributed by atoms with Crippen molar-refractivity contribution in [1.82, 2.24) is 0 Å². The largest absolute Gasteiger partial charge is 0.376 e. The summed E-state index contributed by atoms with van der Waals surface area (Å²) in [4.78, 5) is 45.3. The summed E-state index contributed by atoms with van der Waals surface area (Å²) in [7, 11) is 0. The second-order valence-electron chi connectivity index (χ2n) is 7.92. The monoisotopic (exact) mass is 498 g/mol. The molecule has 7 heteroatoms. The van der Waals surface area contributed by atoms with Gasteiger partial charge in [-0.2, -0.15) is 0 Å². The Morgan fingerprint density at radius 1 is 0.595 bits per heavy atom. The molecule has 0 heterocycles. The Morgan fingerprint density at radius 3 is 1.46 bits per heavy atom. The number of hydrogen-bond donors (Lipinski definition) is 0. The predicted molar refractivity (Wildman–Crippen MR) is 137 cm³/mol. The van der Waals surface area contributed by atoms with Gasteiger partial charge in [0.05, 0.1) is 11.1 Å². The molecule has 4 aromatic carbocycles. The van der Waals surface area contributed by atoms with Crippen LogP contribution in [-0.4, -0.2) is 31.4 Å². The molecular formula is C30H26O7. The molecule has 0 saturated carbocycles. The fraction of sp³-hybridized carbons (Fsp3) is 0.133. The standard InChI is InChI=1S/C30H26O7/c1-2-33-21-28(34-36-29(31)26-17-9-15-24(19-26)22-11-5-3-6-12-22)35-37-30(32)27-18-10-16-25(20-27)23-13-7-4-8-14-23/h3-20,28H,2,21H2,1H3. The first-order valence-electron chi connectivity index (χ1n) is 11.8. The van der Waals surface area contributed by atoms with Crippen molar-refractivity contribution in [2.75, 3.05) is 13.2 Å². The summed E-state index contributed by atoms with van der Waals surface area (Å²) < 4.78 is 5.29. The van der Waals surface area contributed by atoms with E-state index < -0.39 is 18.2 Å². The van der Waals surface area contributed by atoms with Gasteiger partial charge in [0.2, 0.25) is 0 Å². The summed E-state index contributed by atoms with van der Waals surface area (Å²) in [5.41, 5.74) is 4.18. The van der Waals surface area contributed by atoms with Crippen molar-refractivity contribution < 1.29 is 33.9 Å². The molecule has 188 valence electrons. The summed E-state index contributed by atoms with van der Waals surface area (Å²) in [6, 6.07) is 33.1. The van der Waals surface area contributed by atoms with E-state index in [1.807, 2.05) is 72.8 Å². The molecule has 0 saturated heterocycles. The molecule has 7 nitrogen and oxygen atoms in total. The number of carbonyl (C=O) groups is 2. The maximum absolute atomic E-state index is 12.6. The minimum atomic E-state index is -1.29. The lowest BCUT2D eigenvalue weighted by Gasteiger charge is -2.15. The molecule has 0 fully saturated rings. The first-order valence-corrected chi connectivity index (χ1v) is 11.8. The third-order valence-corrected chi connectivity index (χ3v) is 5.33. The predicted octanol–water partition coefficient (Wildman–Crippen LogP) is 6.26. The van der Waals surface area contributed by atoms with Crippen LogP contribution in [0.5, 0.6) is 0 Å². The second-order valence-corrected chi connectivity index (χ2v) is 7.92. The van der Waals surface area contributed by atoms with Crippen LogP contribution in [0.3, 0.4) is 0 Å². The van der Waals surface area contributed by atoms with E-state index >= 15 is 0 Å². The maximum atomic E-state index is 12.6. The number of rotatable bonds is 11. The Hall–Kier alpha value is -4.30. The highest BCUT2D eigenvalue weighted by Crippen LogP contribution is 2.22. The van der Waals surface area contributed by atoms with Crippen molar-refractivity contribution in [3.8, 4) is 22.3 Å². The van der Waals surface area contributed by atoms with E-state index in [-0.39, 0.29) is 17.7 Å². The van der Waals surface area contributed by atoms with Crippen LogP contribution in [-0.2, 0) is 24.3 Å². The Kier molecular flexibility index (Phi) is 9.15. The lowest BCUT2D eigenvalue weighted by atomic mass is 10.0. The molecule has 0 aliphatic heterocycles. The van der Waals surface area contributed by atoms with Crippen molar-refractivity contribution in [3.05, 3.63) is 120 Å². The minimum Gasteiger partial charge on any atom is -0.376 e. The Morgan fingerprint density at radius 2 is 1.03 bits per heavy atom. The summed E-state index contributed by atoms with van der Waals surface area (Å²) in [6.45, 7) is 1.99. The van der Waals surface area contributed by atoms with Gasteiger partial charge in [0, 0.05) is 6.61 Å². The van der Waals surface area contributed by atoms with Crippen LogP contribution in [0.25, 0.3) is 22.3 Å². The fourth-order valence-electron chi connectivity index (χ4n) is 3.49. The summed E-state index contributed by atoms with van der Waals surface area (Å²) in [5.74, 6) is -1.46. The lowest BCUT2D eigenvalue weighted by Crippen LogP contribution is -2.27. The van der Waals surface area contributed by atoms with Crippen molar-refractivity contribution in [1.29, 1.82) is 0 Å². The molecule has 4 aromatic rings. The van der Waals surface area contributed by atoms with Gasteiger partial charge < -0.3 is 4.74 Å². The molecule has 0 atom stereocenters. The molecule has 4 rings (SSSR count). The van der Waals surface area contributed by atoms with Crippen LogP contribution >= 0.6 is 0 Å². The van der Waals surface area contributed by atoms with Crippen LogP contribution < -0.4 is 0 Å². The zero-order valence-electron chi connectivity index (χ0n) is 20.2. The molecule has 0 unspecified atom stereocenters. The van der Waals surface area contributed by atoms with Gasteiger partial charge in [0.15, 0.2) is 0 Å². The Bertz CT molecular complexity index is 1210. The molecular weight excluding hydrogens is 472 g/mol. The number of hydrogen-bond acceptors (Lipinski definition) is 7. The van der Waals surface area contributed by atoms with Gasteiger partial charge >= 0.3 is 11.9 Å². The average molecular weight is 499 g/mol. The number of benzene rings is 4. The van der Waals surface area contributed by atoms with E-state index in [1.165, 1.54) is 0 Å². The quantitative estimate of drug-likeness (QED) is 0.137. The van der Waals surface area contributed by atoms with E-state index in [0.29, 0.717) is 6.61 Å². The van der Waals surface area contributed by atoms with E-state index in [4.69, 9.17) is 24.3 Å². The molecule has 0 spiro atoms. The van der Waals surface area contributed by atoms with Gasteiger partial charge in [-0.15, -0.1) is 9.78 Å². The van der Waals surface area contributed by atoms with Gasteiger partial charge in [0.25, 0.3) is 6.29 Å². The topological polar surface area (TPSA) is 80.3 Å². The van der Waals surface area contributed by atoms with Crippen LogP contribution in [0.2, 0.25) is 0 Å². The van der Waals surface area contributed by atoms with E-state index in [0.717, 1.165) is 22.3 Å². The van der Waals surface area contributed by atoms with E-state index in [9.17, 15) is 9.59 Å². The van der Waals surface area contributed by atoms with Crippen molar-refractivity contribution in [2.24, 2.45) is 0 Å². The smallest absolute Gasteiger partial charge is 0.373 e. The van der Waals surface area contributed by atoms with Gasteiger partial charge in [0.1, 0.15) is 6.61 Å². The Labute approximate surface area is 215 Å². The van der Waals surface area contributed by atoms with Crippen molar-refractivity contribution in [2.45, 2.75) is 13.2 Å².